The van der Waals surface area contributed by atoms with Crippen molar-refractivity contribution in [1.29, 1.82) is 0 Å². The molecule has 3 aromatic rings. The third-order valence-electron chi connectivity index (χ3n) is 3.35. The highest BCUT2D eigenvalue weighted by Gasteiger charge is 2.08. The zero-order valence-electron chi connectivity index (χ0n) is 12.3. The number of fused-ring (bicyclic) bond motifs is 1. The molecule has 1 N–H and O–H groups in total. The van der Waals surface area contributed by atoms with Crippen molar-refractivity contribution in [3.8, 4) is 11.3 Å². The summed E-state index contributed by atoms with van der Waals surface area (Å²) >= 11 is 0. The van der Waals surface area contributed by atoms with Gasteiger partial charge in [-0.1, -0.05) is 25.1 Å². The molecule has 0 fully saturated rings. The maximum absolute atomic E-state index is 4.64. The first-order valence-electron chi connectivity index (χ1n) is 7.20. The second-order valence-electron chi connectivity index (χ2n) is 5.05. The van der Waals surface area contributed by atoms with Crippen molar-refractivity contribution in [2.24, 2.45) is 0 Å². The molecule has 1 aromatic carbocycles. The van der Waals surface area contributed by atoms with E-state index in [0.29, 0.717) is 5.95 Å². The number of nitrogens with one attached hydrogen (secondary N) is 1. The van der Waals surface area contributed by atoms with Gasteiger partial charge in [-0.3, -0.25) is 4.98 Å². The number of hydrogen-bond acceptors (Lipinski definition) is 4. The molecule has 0 aliphatic heterocycles. The molecule has 4 heteroatoms. The lowest BCUT2D eigenvalue weighted by molar-refractivity contribution is 0.947. The fourth-order valence-electron chi connectivity index (χ4n) is 2.36. The van der Waals surface area contributed by atoms with Crippen LogP contribution < -0.4 is 5.32 Å². The maximum atomic E-state index is 4.64. The van der Waals surface area contributed by atoms with Gasteiger partial charge in [0.1, 0.15) is 0 Å². The minimum Gasteiger partial charge on any atom is -0.354 e. The van der Waals surface area contributed by atoms with Crippen molar-refractivity contribution >= 4 is 16.7 Å². The summed E-state index contributed by atoms with van der Waals surface area (Å²) in [5.74, 6) is 0.688. The number of aryl methyl sites for hydroxylation is 1. The van der Waals surface area contributed by atoms with Crippen LogP contribution >= 0.6 is 0 Å². The zero-order valence-corrected chi connectivity index (χ0v) is 12.3. The maximum Gasteiger partial charge on any atom is 0.223 e. The van der Waals surface area contributed by atoms with Crippen molar-refractivity contribution in [1.82, 2.24) is 15.0 Å². The van der Waals surface area contributed by atoms with Gasteiger partial charge in [0.25, 0.3) is 0 Å². The van der Waals surface area contributed by atoms with Gasteiger partial charge in [0.2, 0.25) is 5.95 Å². The monoisotopic (exact) mass is 278 g/mol. The summed E-state index contributed by atoms with van der Waals surface area (Å²) in [6.45, 7) is 4.99. The summed E-state index contributed by atoms with van der Waals surface area (Å²) in [4.78, 5) is 13.3. The Hall–Kier alpha value is -2.49. The highest BCUT2D eigenvalue weighted by Crippen LogP contribution is 2.27. The molecule has 21 heavy (non-hydrogen) atoms. The van der Waals surface area contributed by atoms with Crippen LogP contribution in [0.4, 0.5) is 5.95 Å². The molecular weight excluding hydrogens is 260 g/mol. The van der Waals surface area contributed by atoms with E-state index in [2.05, 4.69) is 39.3 Å². The second-order valence-corrected chi connectivity index (χ2v) is 5.05. The Kier molecular flexibility index (Phi) is 3.77. The molecule has 4 nitrogen and oxygen atoms in total. The number of anilines is 1. The minimum absolute atomic E-state index is 0.688. The van der Waals surface area contributed by atoms with Crippen molar-refractivity contribution < 1.29 is 0 Å². The first-order valence-corrected chi connectivity index (χ1v) is 7.20. The molecule has 0 atom stereocenters. The lowest BCUT2D eigenvalue weighted by Crippen LogP contribution is -2.05. The number of pyridine rings is 1. The molecule has 3 rings (SSSR count). The Labute approximate surface area is 124 Å². The largest absolute Gasteiger partial charge is 0.354 e. The van der Waals surface area contributed by atoms with Crippen molar-refractivity contribution in [2.45, 2.75) is 20.3 Å². The number of hydrogen-bond donors (Lipinski definition) is 1. The van der Waals surface area contributed by atoms with Crippen LogP contribution in [0, 0.1) is 6.92 Å². The molecule has 0 saturated heterocycles. The van der Waals surface area contributed by atoms with Gasteiger partial charge in [0.05, 0.1) is 5.69 Å². The van der Waals surface area contributed by atoms with Gasteiger partial charge in [-0.05, 0) is 30.9 Å². The third-order valence-corrected chi connectivity index (χ3v) is 3.35. The standard InChI is InChI=1S/C17H18N4/c1-3-8-19-17-20-12(2)10-16(21-17)14-6-4-5-13-7-9-18-11-15(13)14/h4-7,9-11H,3,8H2,1-2H3,(H,19,20,21). The van der Waals surface area contributed by atoms with Crippen LogP contribution in [0.2, 0.25) is 0 Å². The average Bonchev–Trinajstić information content (AvgIpc) is 2.52. The van der Waals surface area contributed by atoms with E-state index in [1.54, 1.807) is 0 Å². The summed E-state index contributed by atoms with van der Waals surface area (Å²) in [7, 11) is 0. The van der Waals surface area contributed by atoms with E-state index in [1.165, 1.54) is 5.39 Å². The number of nitrogens with zero attached hydrogens (tertiary/aromatic N) is 3. The van der Waals surface area contributed by atoms with E-state index in [0.717, 1.165) is 35.3 Å². The van der Waals surface area contributed by atoms with Crippen LogP contribution in [-0.2, 0) is 0 Å². The normalized spacial score (nSPS) is 10.8. The highest BCUT2D eigenvalue weighted by molar-refractivity contribution is 5.95. The molecule has 0 aliphatic rings. The molecule has 2 aromatic heterocycles. The topological polar surface area (TPSA) is 50.7 Å². The molecule has 0 amide bonds. The van der Waals surface area contributed by atoms with Crippen LogP contribution in [0.25, 0.3) is 22.0 Å². The first-order chi connectivity index (χ1) is 10.3. The Balaban J connectivity index is 2.12. The number of rotatable bonds is 4. The second kappa shape index (κ2) is 5.87. The molecule has 0 radical (unpaired) electrons. The molecule has 0 unspecified atom stereocenters. The summed E-state index contributed by atoms with van der Waals surface area (Å²) < 4.78 is 0. The summed E-state index contributed by atoms with van der Waals surface area (Å²) in [5.41, 5.74) is 2.98. The number of aromatic nitrogens is 3. The lowest BCUT2D eigenvalue weighted by atomic mass is 10.0. The predicted molar refractivity (Wildman–Crippen MR) is 86.3 cm³/mol. The van der Waals surface area contributed by atoms with Gasteiger partial charge in [0, 0.05) is 35.6 Å². The van der Waals surface area contributed by atoms with E-state index in [4.69, 9.17) is 0 Å². The third kappa shape index (κ3) is 2.84. The van der Waals surface area contributed by atoms with Crippen LogP contribution in [0.1, 0.15) is 19.0 Å². The minimum atomic E-state index is 0.688. The van der Waals surface area contributed by atoms with E-state index >= 15 is 0 Å². The van der Waals surface area contributed by atoms with Gasteiger partial charge in [0.15, 0.2) is 0 Å². The molecule has 0 bridgehead atoms. The van der Waals surface area contributed by atoms with E-state index < -0.39 is 0 Å². The van der Waals surface area contributed by atoms with E-state index in [9.17, 15) is 0 Å². The van der Waals surface area contributed by atoms with Gasteiger partial charge in [-0.15, -0.1) is 0 Å². The van der Waals surface area contributed by atoms with E-state index in [1.807, 2.05) is 37.5 Å². The summed E-state index contributed by atoms with van der Waals surface area (Å²) in [6, 6.07) is 10.2. The molecule has 0 spiro atoms. The highest BCUT2D eigenvalue weighted by atomic mass is 15.1. The van der Waals surface area contributed by atoms with Crippen LogP contribution in [-0.4, -0.2) is 21.5 Å². The Morgan fingerprint density at radius 2 is 2.05 bits per heavy atom. The molecule has 0 saturated carbocycles. The summed E-state index contributed by atoms with van der Waals surface area (Å²) in [5, 5.41) is 5.53. The van der Waals surface area contributed by atoms with Crippen molar-refractivity contribution in [3.63, 3.8) is 0 Å². The number of benzene rings is 1. The summed E-state index contributed by atoms with van der Waals surface area (Å²) in [6.07, 6.45) is 4.75. The predicted octanol–water partition coefficient (Wildman–Crippen LogP) is 3.82. The first kappa shape index (κ1) is 13.5. The van der Waals surface area contributed by atoms with Crippen LogP contribution in [0.15, 0.2) is 42.7 Å². The van der Waals surface area contributed by atoms with Gasteiger partial charge >= 0.3 is 0 Å². The van der Waals surface area contributed by atoms with Crippen molar-refractivity contribution in [3.05, 3.63) is 48.4 Å². The average molecular weight is 278 g/mol. The fraction of sp³-hybridized carbons (Fsp3) is 0.235. The van der Waals surface area contributed by atoms with Crippen molar-refractivity contribution in [2.75, 3.05) is 11.9 Å². The SMILES string of the molecule is CCCNc1nc(C)cc(-c2cccc3ccncc23)n1. The molecule has 2 heterocycles. The molecule has 106 valence electrons. The van der Waals surface area contributed by atoms with Crippen LogP contribution in [0.5, 0.6) is 0 Å². The Bertz CT molecular complexity index is 762. The molecule has 0 aliphatic carbocycles. The van der Waals surface area contributed by atoms with Crippen LogP contribution in [0.3, 0.4) is 0 Å². The van der Waals surface area contributed by atoms with E-state index in [-0.39, 0.29) is 0 Å². The van der Waals surface area contributed by atoms with Gasteiger partial charge in [-0.2, -0.15) is 0 Å². The van der Waals surface area contributed by atoms with Gasteiger partial charge in [-0.25, -0.2) is 9.97 Å². The Morgan fingerprint density at radius 1 is 1.14 bits per heavy atom. The zero-order chi connectivity index (χ0) is 14.7. The molecular formula is C17H18N4. The smallest absolute Gasteiger partial charge is 0.223 e. The lowest BCUT2D eigenvalue weighted by Gasteiger charge is -2.09. The fourth-order valence-corrected chi connectivity index (χ4v) is 2.36. The van der Waals surface area contributed by atoms with Gasteiger partial charge < -0.3 is 5.32 Å². The quantitative estimate of drug-likeness (QED) is 0.788. The Morgan fingerprint density at radius 3 is 2.90 bits per heavy atom.